The lowest BCUT2D eigenvalue weighted by Crippen LogP contribution is -2.52. The number of ether oxygens (including phenoxy) is 2. The predicted octanol–water partition coefficient (Wildman–Crippen LogP) is 2.38. The van der Waals surface area contributed by atoms with Crippen molar-refractivity contribution in [1.29, 1.82) is 0 Å². The number of benzene rings is 2. The fraction of sp³-hybridized carbons (Fsp3) is 0.300. The van der Waals surface area contributed by atoms with Gasteiger partial charge in [-0.2, -0.15) is 0 Å². The first-order valence-corrected chi connectivity index (χ1v) is 9.62. The van der Waals surface area contributed by atoms with Crippen molar-refractivity contribution in [2.45, 2.75) is 0 Å². The summed E-state index contributed by atoms with van der Waals surface area (Å²) in [4.78, 5) is 38.3. The van der Waals surface area contributed by atoms with Crippen LogP contribution in [0.3, 0.4) is 0 Å². The van der Waals surface area contributed by atoms with Crippen LogP contribution in [-0.2, 0) is 9.59 Å². The Bertz CT molecular complexity index is 913. The second kappa shape index (κ2) is 9.93. The number of halogens is 1. The number of rotatable bonds is 7. The van der Waals surface area contributed by atoms with E-state index in [0.29, 0.717) is 37.0 Å². The highest BCUT2D eigenvalue weighted by molar-refractivity contribution is 6.30. The van der Waals surface area contributed by atoms with Crippen LogP contribution in [0.1, 0.15) is 0 Å². The van der Waals surface area contributed by atoms with Crippen LogP contribution in [0.15, 0.2) is 48.5 Å². The minimum absolute atomic E-state index is 0.0454. The molecule has 1 aliphatic heterocycles. The third-order valence-corrected chi connectivity index (χ3v) is 4.83. The number of nitrogens with zero attached hydrogens (tertiary/aromatic N) is 3. The molecular weight excluding hydrogens is 414 g/mol. The molecule has 1 saturated heterocycles. The zero-order chi connectivity index (χ0) is 21.5. The van der Waals surface area contributed by atoms with E-state index in [1.54, 1.807) is 40.1 Å². The highest BCUT2D eigenvalue weighted by atomic mass is 35.5. The number of para-hydroxylation sites is 2. The van der Waals surface area contributed by atoms with Crippen molar-refractivity contribution in [2.24, 2.45) is 0 Å². The highest BCUT2D eigenvalue weighted by Crippen LogP contribution is 2.25. The molecule has 0 saturated carbocycles. The quantitative estimate of drug-likeness (QED) is 0.490. The van der Waals surface area contributed by atoms with Crippen LogP contribution in [-0.4, -0.2) is 65.9 Å². The zero-order valence-corrected chi connectivity index (χ0v) is 16.8. The third-order valence-electron chi connectivity index (χ3n) is 4.57. The summed E-state index contributed by atoms with van der Waals surface area (Å²) < 4.78 is 10.8. The van der Waals surface area contributed by atoms with Crippen LogP contribution in [0, 0.1) is 10.1 Å². The lowest BCUT2D eigenvalue weighted by Gasteiger charge is -2.34. The monoisotopic (exact) mass is 433 g/mol. The van der Waals surface area contributed by atoms with Crippen LogP contribution in [0.2, 0.25) is 5.02 Å². The molecule has 30 heavy (non-hydrogen) atoms. The number of hydrogen-bond acceptors (Lipinski definition) is 6. The van der Waals surface area contributed by atoms with E-state index in [2.05, 4.69) is 0 Å². The Morgan fingerprint density at radius 1 is 0.900 bits per heavy atom. The van der Waals surface area contributed by atoms with Crippen molar-refractivity contribution >= 4 is 29.1 Å². The van der Waals surface area contributed by atoms with Crippen molar-refractivity contribution in [3.05, 3.63) is 63.7 Å². The number of nitro benzene ring substituents is 1. The van der Waals surface area contributed by atoms with Gasteiger partial charge in [-0.05, 0) is 30.3 Å². The summed E-state index contributed by atoms with van der Waals surface area (Å²) in [5, 5.41) is 11.6. The van der Waals surface area contributed by atoms with Gasteiger partial charge in [0.2, 0.25) is 0 Å². The van der Waals surface area contributed by atoms with Crippen molar-refractivity contribution in [3.63, 3.8) is 0 Å². The number of carbonyl (C=O) groups excluding carboxylic acids is 2. The number of carbonyl (C=O) groups is 2. The molecule has 0 atom stereocenters. The van der Waals surface area contributed by atoms with E-state index in [1.165, 1.54) is 18.2 Å². The van der Waals surface area contributed by atoms with Crippen LogP contribution in [0.25, 0.3) is 0 Å². The molecule has 0 aromatic heterocycles. The average molecular weight is 434 g/mol. The Kier molecular flexibility index (Phi) is 7.08. The lowest BCUT2D eigenvalue weighted by atomic mass is 10.3. The van der Waals surface area contributed by atoms with Gasteiger partial charge in [0, 0.05) is 37.3 Å². The standard InChI is InChI=1S/C20H20ClN3O6/c21-15-5-7-16(8-6-15)29-13-19(25)22-9-11-23(12-10-22)20(26)14-30-18-4-2-1-3-17(18)24(27)28/h1-8H,9-14H2. The van der Waals surface area contributed by atoms with Crippen LogP contribution < -0.4 is 9.47 Å². The molecule has 2 amide bonds. The summed E-state index contributed by atoms with van der Waals surface area (Å²) in [6, 6.07) is 12.6. The Labute approximate surface area is 177 Å². The summed E-state index contributed by atoms with van der Waals surface area (Å²) in [7, 11) is 0. The van der Waals surface area contributed by atoms with Gasteiger partial charge in [0.15, 0.2) is 19.0 Å². The third kappa shape index (κ3) is 5.60. The smallest absolute Gasteiger partial charge is 0.310 e. The van der Waals surface area contributed by atoms with Crippen molar-refractivity contribution in [2.75, 3.05) is 39.4 Å². The van der Waals surface area contributed by atoms with Gasteiger partial charge in [-0.3, -0.25) is 19.7 Å². The van der Waals surface area contributed by atoms with Crippen LogP contribution in [0.4, 0.5) is 5.69 Å². The summed E-state index contributed by atoms with van der Waals surface area (Å²) in [5.74, 6) is 0.128. The van der Waals surface area contributed by atoms with Gasteiger partial charge in [0.05, 0.1) is 4.92 Å². The van der Waals surface area contributed by atoms with E-state index in [4.69, 9.17) is 21.1 Å². The van der Waals surface area contributed by atoms with Crippen LogP contribution in [0.5, 0.6) is 11.5 Å². The number of nitro groups is 1. The molecule has 0 aliphatic carbocycles. The second-order valence-corrected chi connectivity index (χ2v) is 6.95. The molecule has 2 aromatic rings. The topological polar surface area (TPSA) is 102 Å². The largest absolute Gasteiger partial charge is 0.484 e. The van der Waals surface area contributed by atoms with Crippen LogP contribution >= 0.6 is 11.6 Å². The molecule has 0 N–H and O–H groups in total. The molecular formula is C20H20ClN3O6. The summed E-state index contributed by atoms with van der Waals surface area (Å²) in [6.07, 6.45) is 0. The lowest BCUT2D eigenvalue weighted by molar-refractivity contribution is -0.385. The maximum atomic E-state index is 12.4. The first kappa shape index (κ1) is 21.4. The number of hydrogen-bond donors (Lipinski definition) is 0. The fourth-order valence-corrected chi connectivity index (χ4v) is 3.06. The van der Waals surface area contributed by atoms with E-state index in [-0.39, 0.29) is 36.5 Å². The van der Waals surface area contributed by atoms with Gasteiger partial charge in [-0.1, -0.05) is 23.7 Å². The van der Waals surface area contributed by atoms with Gasteiger partial charge < -0.3 is 19.3 Å². The van der Waals surface area contributed by atoms with Gasteiger partial charge in [0.25, 0.3) is 11.8 Å². The molecule has 1 heterocycles. The first-order chi connectivity index (χ1) is 14.4. The van der Waals surface area contributed by atoms with E-state index >= 15 is 0 Å². The molecule has 1 fully saturated rings. The molecule has 10 heteroatoms. The SMILES string of the molecule is O=C(COc1ccc(Cl)cc1)N1CCN(C(=O)COc2ccccc2[N+](=O)[O-])CC1. The molecule has 9 nitrogen and oxygen atoms in total. The van der Waals surface area contributed by atoms with E-state index in [0.717, 1.165) is 0 Å². The Hall–Kier alpha value is -3.33. The molecule has 1 aliphatic rings. The molecule has 0 radical (unpaired) electrons. The number of amides is 2. The minimum Gasteiger partial charge on any atom is -0.484 e. The first-order valence-electron chi connectivity index (χ1n) is 9.24. The minimum atomic E-state index is -0.559. The van der Waals surface area contributed by atoms with E-state index in [1.807, 2.05) is 0 Å². The maximum Gasteiger partial charge on any atom is 0.310 e. The normalized spacial score (nSPS) is 13.6. The second-order valence-electron chi connectivity index (χ2n) is 6.52. The van der Waals surface area contributed by atoms with Crippen molar-refractivity contribution in [1.82, 2.24) is 9.80 Å². The van der Waals surface area contributed by atoms with E-state index in [9.17, 15) is 19.7 Å². The Morgan fingerprint density at radius 3 is 2.00 bits per heavy atom. The molecule has 3 rings (SSSR count). The van der Waals surface area contributed by atoms with Gasteiger partial charge >= 0.3 is 5.69 Å². The Morgan fingerprint density at radius 2 is 1.43 bits per heavy atom. The molecule has 2 aromatic carbocycles. The number of piperazine rings is 1. The fourth-order valence-electron chi connectivity index (χ4n) is 2.93. The van der Waals surface area contributed by atoms with Gasteiger partial charge in [-0.15, -0.1) is 0 Å². The summed E-state index contributed by atoms with van der Waals surface area (Å²) in [5.41, 5.74) is -0.193. The van der Waals surface area contributed by atoms with Crippen molar-refractivity contribution < 1.29 is 24.0 Å². The predicted molar refractivity (Wildman–Crippen MR) is 109 cm³/mol. The zero-order valence-electron chi connectivity index (χ0n) is 16.0. The molecule has 0 bridgehead atoms. The van der Waals surface area contributed by atoms with Gasteiger partial charge in [-0.25, -0.2) is 0 Å². The molecule has 0 unspecified atom stereocenters. The summed E-state index contributed by atoms with van der Waals surface area (Å²) in [6.45, 7) is 1.05. The van der Waals surface area contributed by atoms with Gasteiger partial charge in [0.1, 0.15) is 5.75 Å². The molecule has 0 spiro atoms. The maximum absolute atomic E-state index is 12.4. The van der Waals surface area contributed by atoms with E-state index < -0.39 is 4.92 Å². The summed E-state index contributed by atoms with van der Waals surface area (Å²) >= 11 is 5.81. The highest BCUT2D eigenvalue weighted by Gasteiger charge is 2.25. The Balaban J connectivity index is 1.43. The van der Waals surface area contributed by atoms with Crippen molar-refractivity contribution in [3.8, 4) is 11.5 Å². The average Bonchev–Trinajstić information content (AvgIpc) is 2.77. The molecule has 158 valence electrons.